The molecule has 118 valence electrons. The molecule has 1 aliphatic heterocycles. The van der Waals surface area contributed by atoms with Gasteiger partial charge in [0, 0.05) is 31.5 Å². The number of rotatable bonds is 3. The molecule has 1 aromatic carbocycles. The predicted octanol–water partition coefficient (Wildman–Crippen LogP) is 2.19. The van der Waals surface area contributed by atoms with Crippen LogP contribution in [0, 0.1) is 11.6 Å². The second-order valence-corrected chi connectivity index (χ2v) is 7.13. The minimum Gasteiger partial charge on any atom is -0.334 e. The monoisotopic (exact) mass is 327 g/mol. The molecule has 0 unspecified atom stereocenters. The highest BCUT2D eigenvalue weighted by molar-refractivity contribution is 7.89. The summed E-state index contributed by atoms with van der Waals surface area (Å²) in [6.07, 6.45) is 6.41. The minimum atomic E-state index is -4.01. The maximum atomic E-state index is 13.7. The number of nitrogens with zero attached hydrogens (tertiary/aromatic N) is 3. The van der Waals surface area contributed by atoms with Crippen molar-refractivity contribution in [3.05, 3.63) is 48.6 Å². The summed E-state index contributed by atoms with van der Waals surface area (Å²) in [5.74, 6) is -1.70. The third kappa shape index (κ3) is 2.76. The molecule has 0 aliphatic carbocycles. The van der Waals surface area contributed by atoms with E-state index in [9.17, 15) is 17.2 Å². The Bertz CT molecular complexity index is 754. The lowest BCUT2D eigenvalue weighted by Gasteiger charge is -2.31. The van der Waals surface area contributed by atoms with Crippen LogP contribution in [0.5, 0.6) is 0 Å². The summed E-state index contributed by atoms with van der Waals surface area (Å²) in [4.78, 5) is 3.37. The van der Waals surface area contributed by atoms with Crippen LogP contribution >= 0.6 is 0 Å². The lowest BCUT2D eigenvalue weighted by Crippen LogP contribution is -2.39. The zero-order valence-corrected chi connectivity index (χ0v) is 12.5. The van der Waals surface area contributed by atoms with Gasteiger partial charge in [-0.2, -0.15) is 4.31 Å². The summed E-state index contributed by atoms with van der Waals surface area (Å²) in [6.45, 7) is 0.530. The fourth-order valence-electron chi connectivity index (χ4n) is 2.68. The Balaban J connectivity index is 1.79. The van der Waals surface area contributed by atoms with E-state index in [2.05, 4.69) is 4.98 Å². The molecule has 8 heteroatoms. The van der Waals surface area contributed by atoms with E-state index >= 15 is 0 Å². The van der Waals surface area contributed by atoms with Crippen molar-refractivity contribution in [2.75, 3.05) is 13.1 Å². The summed E-state index contributed by atoms with van der Waals surface area (Å²) in [5, 5.41) is 0. The summed E-state index contributed by atoms with van der Waals surface area (Å²) in [6, 6.07) is 2.64. The van der Waals surface area contributed by atoms with Crippen LogP contribution in [0.2, 0.25) is 0 Å². The minimum absolute atomic E-state index is 0.173. The molecule has 0 saturated carbocycles. The molecule has 0 amide bonds. The third-order valence-corrected chi connectivity index (χ3v) is 5.79. The molecule has 2 heterocycles. The van der Waals surface area contributed by atoms with E-state index in [1.807, 2.05) is 10.8 Å². The van der Waals surface area contributed by atoms with Gasteiger partial charge in [-0.05, 0) is 31.0 Å². The first kappa shape index (κ1) is 15.1. The molecule has 0 atom stereocenters. The van der Waals surface area contributed by atoms with Gasteiger partial charge in [0.05, 0.1) is 6.33 Å². The van der Waals surface area contributed by atoms with Crippen molar-refractivity contribution in [2.45, 2.75) is 23.8 Å². The Labute approximate surface area is 127 Å². The first-order valence-corrected chi connectivity index (χ1v) is 8.35. The van der Waals surface area contributed by atoms with Gasteiger partial charge >= 0.3 is 0 Å². The van der Waals surface area contributed by atoms with E-state index in [0.717, 1.165) is 18.2 Å². The molecule has 22 heavy (non-hydrogen) atoms. The van der Waals surface area contributed by atoms with Gasteiger partial charge in [-0.1, -0.05) is 0 Å². The van der Waals surface area contributed by atoms with Crippen molar-refractivity contribution < 1.29 is 17.2 Å². The van der Waals surface area contributed by atoms with Crippen LogP contribution in [0.15, 0.2) is 41.8 Å². The fraction of sp³-hybridized carbons (Fsp3) is 0.357. The zero-order valence-electron chi connectivity index (χ0n) is 11.7. The van der Waals surface area contributed by atoms with Gasteiger partial charge in [0.25, 0.3) is 0 Å². The van der Waals surface area contributed by atoms with Crippen molar-refractivity contribution in [3.8, 4) is 0 Å². The number of hydrogen-bond acceptors (Lipinski definition) is 3. The van der Waals surface area contributed by atoms with E-state index < -0.39 is 26.6 Å². The third-order valence-electron chi connectivity index (χ3n) is 3.88. The van der Waals surface area contributed by atoms with Crippen LogP contribution in [-0.4, -0.2) is 35.4 Å². The van der Waals surface area contributed by atoms with Crippen LogP contribution in [-0.2, 0) is 10.0 Å². The van der Waals surface area contributed by atoms with Gasteiger partial charge in [0.1, 0.15) is 16.5 Å². The molecular formula is C14H15F2N3O2S. The first-order chi connectivity index (χ1) is 10.5. The van der Waals surface area contributed by atoms with Gasteiger partial charge < -0.3 is 4.57 Å². The molecule has 0 N–H and O–H groups in total. The van der Waals surface area contributed by atoms with Gasteiger partial charge in [0.15, 0.2) is 0 Å². The topological polar surface area (TPSA) is 55.2 Å². The standard InChI is InChI=1S/C14H15F2N3O2S/c15-11-1-2-13(16)14(9-11)22(20,21)19-6-3-12(4-7-19)18-8-5-17-10-18/h1-2,5,8-10,12H,3-4,6-7H2. The quantitative estimate of drug-likeness (QED) is 0.868. The van der Waals surface area contributed by atoms with Crippen molar-refractivity contribution in [2.24, 2.45) is 0 Å². The number of imidazole rings is 1. The largest absolute Gasteiger partial charge is 0.334 e. The molecule has 0 spiro atoms. The predicted molar refractivity (Wildman–Crippen MR) is 75.6 cm³/mol. The van der Waals surface area contributed by atoms with E-state index in [1.165, 1.54) is 4.31 Å². The maximum absolute atomic E-state index is 13.7. The van der Waals surface area contributed by atoms with Gasteiger partial charge in [-0.3, -0.25) is 0 Å². The van der Waals surface area contributed by atoms with E-state index in [-0.39, 0.29) is 19.1 Å². The number of benzene rings is 1. The van der Waals surface area contributed by atoms with Crippen molar-refractivity contribution in [1.82, 2.24) is 13.9 Å². The molecule has 2 aromatic rings. The van der Waals surface area contributed by atoms with E-state index in [4.69, 9.17) is 0 Å². The molecule has 1 aliphatic rings. The number of hydrogen-bond donors (Lipinski definition) is 0. The van der Waals surface area contributed by atoms with Crippen LogP contribution in [0.25, 0.3) is 0 Å². The summed E-state index contributed by atoms with van der Waals surface area (Å²) in [5.41, 5.74) is 0. The highest BCUT2D eigenvalue weighted by atomic mass is 32.2. The van der Waals surface area contributed by atoms with Gasteiger partial charge in [-0.15, -0.1) is 0 Å². The highest BCUT2D eigenvalue weighted by Crippen LogP contribution is 2.28. The molecular weight excluding hydrogens is 312 g/mol. The Hall–Kier alpha value is -1.80. The maximum Gasteiger partial charge on any atom is 0.246 e. The lowest BCUT2D eigenvalue weighted by atomic mass is 10.1. The Morgan fingerprint density at radius 1 is 1.18 bits per heavy atom. The zero-order chi connectivity index (χ0) is 15.7. The van der Waals surface area contributed by atoms with Crippen molar-refractivity contribution >= 4 is 10.0 Å². The molecule has 0 radical (unpaired) electrons. The van der Waals surface area contributed by atoms with Crippen LogP contribution in [0.1, 0.15) is 18.9 Å². The molecule has 0 bridgehead atoms. The second kappa shape index (κ2) is 5.77. The average molecular weight is 327 g/mol. The molecule has 3 rings (SSSR count). The normalized spacial score (nSPS) is 17.7. The van der Waals surface area contributed by atoms with Crippen molar-refractivity contribution in [1.29, 1.82) is 0 Å². The van der Waals surface area contributed by atoms with Crippen LogP contribution in [0.4, 0.5) is 8.78 Å². The molecule has 1 aromatic heterocycles. The molecule has 1 saturated heterocycles. The highest BCUT2D eigenvalue weighted by Gasteiger charge is 2.32. The number of piperidine rings is 1. The SMILES string of the molecule is O=S(=O)(c1cc(F)ccc1F)N1CCC(n2ccnc2)CC1. The Morgan fingerprint density at radius 3 is 2.55 bits per heavy atom. The number of aromatic nitrogens is 2. The van der Waals surface area contributed by atoms with Crippen LogP contribution in [0.3, 0.4) is 0 Å². The molecule has 1 fully saturated rings. The lowest BCUT2D eigenvalue weighted by molar-refractivity contribution is 0.273. The summed E-state index contributed by atoms with van der Waals surface area (Å²) >= 11 is 0. The summed E-state index contributed by atoms with van der Waals surface area (Å²) in [7, 11) is -4.01. The van der Waals surface area contributed by atoms with Crippen LogP contribution < -0.4 is 0 Å². The first-order valence-electron chi connectivity index (χ1n) is 6.91. The van der Waals surface area contributed by atoms with E-state index in [0.29, 0.717) is 12.8 Å². The van der Waals surface area contributed by atoms with Crippen molar-refractivity contribution in [3.63, 3.8) is 0 Å². The number of halogens is 2. The van der Waals surface area contributed by atoms with Gasteiger partial charge in [-0.25, -0.2) is 22.2 Å². The number of sulfonamides is 1. The average Bonchev–Trinajstić information content (AvgIpc) is 3.04. The smallest absolute Gasteiger partial charge is 0.246 e. The summed E-state index contributed by atoms with van der Waals surface area (Å²) < 4.78 is 55.0. The van der Waals surface area contributed by atoms with Gasteiger partial charge in [0.2, 0.25) is 10.0 Å². The van der Waals surface area contributed by atoms with E-state index in [1.54, 1.807) is 12.5 Å². The molecule has 5 nitrogen and oxygen atoms in total. The Morgan fingerprint density at radius 2 is 1.91 bits per heavy atom. The fourth-order valence-corrected chi connectivity index (χ4v) is 4.23. The second-order valence-electron chi connectivity index (χ2n) is 5.22. The Kier molecular flexibility index (Phi) is 3.96.